The molecule has 158 valence electrons. The predicted octanol–water partition coefficient (Wildman–Crippen LogP) is 4.49. The molecule has 0 bridgehead atoms. The largest absolute Gasteiger partial charge is 0.573 e. The normalized spacial score (nSPS) is 16.1. The molecule has 0 amide bonds. The molecule has 0 aliphatic carbocycles. The number of hydrogen-bond donors (Lipinski definition) is 1. The minimum Gasteiger partial charge on any atom is -0.466 e. The summed E-state index contributed by atoms with van der Waals surface area (Å²) in [4.78, 5) is 13.8. The highest BCUT2D eigenvalue weighted by atomic mass is 19.4. The van der Waals surface area contributed by atoms with Crippen LogP contribution in [0.5, 0.6) is 5.75 Å². The molecule has 0 unspecified atom stereocenters. The molecule has 1 saturated heterocycles. The summed E-state index contributed by atoms with van der Waals surface area (Å²) in [5.74, 6) is -0.507. The zero-order valence-electron chi connectivity index (χ0n) is 16.2. The maximum Gasteiger partial charge on any atom is 0.573 e. The number of carbonyl (C=O) groups excluding carboxylic acids is 1. The maximum absolute atomic E-state index is 12.3. The van der Waals surface area contributed by atoms with Gasteiger partial charge in [-0.2, -0.15) is 0 Å². The maximum atomic E-state index is 12.3. The number of allylic oxidation sites excluding steroid dienone is 4. The second kappa shape index (κ2) is 10.7. The van der Waals surface area contributed by atoms with Gasteiger partial charge >= 0.3 is 12.3 Å². The lowest BCUT2D eigenvalue weighted by molar-refractivity contribution is -0.274. The van der Waals surface area contributed by atoms with Gasteiger partial charge in [0.15, 0.2) is 0 Å². The van der Waals surface area contributed by atoms with E-state index < -0.39 is 6.36 Å². The van der Waals surface area contributed by atoms with Gasteiger partial charge in [-0.1, -0.05) is 24.3 Å². The van der Waals surface area contributed by atoms with Crippen LogP contribution in [0.4, 0.5) is 13.2 Å². The van der Waals surface area contributed by atoms with E-state index in [2.05, 4.69) is 4.74 Å². The summed E-state index contributed by atoms with van der Waals surface area (Å²) in [5.41, 5.74) is 1.40. The molecule has 0 spiro atoms. The Morgan fingerprint density at radius 2 is 2.03 bits per heavy atom. The highest BCUT2D eigenvalue weighted by Gasteiger charge is 2.31. The number of halogens is 3. The van der Waals surface area contributed by atoms with Crippen molar-refractivity contribution in [2.24, 2.45) is 5.92 Å². The fraction of sp³-hybridized carbons (Fsp3) is 0.429. The van der Waals surface area contributed by atoms with Crippen LogP contribution in [0.15, 0.2) is 48.2 Å². The Morgan fingerprint density at radius 1 is 1.31 bits per heavy atom. The third-order valence-electron chi connectivity index (χ3n) is 4.52. The van der Waals surface area contributed by atoms with Gasteiger partial charge in [0.1, 0.15) is 5.75 Å². The second-order valence-corrected chi connectivity index (χ2v) is 6.58. The van der Waals surface area contributed by atoms with Crippen LogP contribution < -0.4 is 4.74 Å². The van der Waals surface area contributed by atoms with E-state index in [4.69, 9.17) is 10.1 Å². The van der Waals surface area contributed by atoms with Gasteiger partial charge in [0.25, 0.3) is 0 Å². The summed E-state index contributed by atoms with van der Waals surface area (Å²) in [6.07, 6.45) is 3.70. The first-order valence-corrected chi connectivity index (χ1v) is 9.46. The summed E-state index contributed by atoms with van der Waals surface area (Å²) in [6.45, 7) is 3.49. The van der Waals surface area contributed by atoms with Gasteiger partial charge in [0.05, 0.1) is 18.2 Å². The molecule has 8 heteroatoms. The summed E-state index contributed by atoms with van der Waals surface area (Å²) >= 11 is 0. The first-order chi connectivity index (χ1) is 13.8. The number of nitrogens with zero attached hydrogens (tertiary/aromatic N) is 1. The quantitative estimate of drug-likeness (QED) is 0.390. The SMILES string of the molecule is CCOC(=O)C1CCN(/C(C=N)=C/C=C/Cc2cccc(OC(F)(F)F)c2)CC1. The Labute approximate surface area is 168 Å². The predicted molar refractivity (Wildman–Crippen MR) is 104 cm³/mol. The Hall–Kier alpha value is -2.77. The molecule has 1 heterocycles. The van der Waals surface area contributed by atoms with Crippen molar-refractivity contribution >= 4 is 12.2 Å². The molecule has 0 atom stereocenters. The minimum absolute atomic E-state index is 0.0973. The molecule has 2 rings (SSSR count). The Balaban J connectivity index is 1.89. The van der Waals surface area contributed by atoms with Crippen LogP contribution in [0.3, 0.4) is 0 Å². The van der Waals surface area contributed by atoms with E-state index in [1.807, 2.05) is 11.0 Å². The van der Waals surface area contributed by atoms with E-state index in [0.717, 1.165) is 5.70 Å². The van der Waals surface area contributed by atoms with Crippen molar-refractivity contribution in [3.63, 3.8) is 0 Å². The molecule has 0 radical (unpaired) electrons. The zero-order chi connectivity index (χ0) is 21.3. The Morgan fingerprint density at radius 3 is 2.66 bits per heavy atom. The number of ether oxygens (including phenoxy) is 2. The molecule has 1 fully saturated rings. The second-order valence-electron chi connectivity index (χ2n) is 6.58. The number of nitrogens with one attached hydrogen (secondary N) is 1. The third kappa shape index (κ3) is 7.63. The van der Waals surface area contributed by atoms with E-state index in [0.29, 0.717) is 44.5 Å². The number of rotatable bonds is 8. The van der Waals surface area contributed by atoms with Gasteiger partial charge < -0.3 is 19.8 Å². The fourth-order valence-corrected chi connectivity index (χ4v) is 3.12. The molecule has 1 aromatic rings. The zero-order valence-corrected chi connectivity index (χ0v) is 16.2. The van der Waals surface area contributed by atoms with E-state index in [1.165, 1.54) is 24.4 Å². The van der Waals surface area contributed by atoms with E-state index in [9.17, 15) is 18.0 Å². The van der Waals surface area contributed by atoms with Crippen LogP contribution in [-0.2, 0) is 16.0 Å². The fourth-order valence-electron chi connectivity index (χ4n) is 3.12. The molecule has 0 aromatic heterocycles. The molecule has 0 saturated carbocycles. The van der Waals surface area contributed by atoms with Crippen molar-refractivity contribution in [2.75, 3.05) is 19.7 Å². The summed E-state index contributed by atoms with van der Waals surface area (Å²) in [5, 5.41) is 7.62. The molecular formula is C21H25F3N2O3. The van der Waals surface area contributed by atoms with Crippen LogP contribution in [-0.4, -0.2) is 43.1 Å². The molecule has 1 aromatic carbocycles. The highest BCUT2D eigenvalue weighted by molar-refractivity contribution is 5.76. The van der Waals surface area contributed by atoms with Crippen LogP contribution in [0, 0.1) is 11.3 Å². The number of alkyl halides is 3. The number of hydrogen-bond acceptors (Lipinski definition) is 5. The molecular weight excluding hydrogens is 385 g/mol. The number of esters is 1. The van der Waals surface area contributed by atoms with Crippen molar-refractivity contribution in [2.45, 2.75) is 32.5 Å². The van der Waals surface area contributed by atoms with Crippen molar-refractivity contribution in [1.29, 1.82) is 5.41 Å². The van der Waals surface area contributed by atoms with Crippen LogP contribution in [0.1, 0.15) is 25.3 Å². The van der Waals surface area contributed by atoms with Crippen molar-refractivity contribution in [3.8, 4) is 5.75 Å². The van der Waals surface area contributed by atoms with Gasteiger partial charge in [-0.25, -0.2) is 0 Å². The van der Waals surface area contributed by atoms with Crippen molar-refractivity contribution in [1.82, 2.24) is 4.90 Å². The Bertz CT molecular complexity index is 752. The molecule has 5 nitrogen and oxygen atoms in total. The highest BCUT2D eigenvalue weighted by Crippen LogP contribution is 2.24. The molecule has 1 aliphatic heterocycles. The molecule has 1 N–H and O–H groups in total. The number of likely N-dealkylation sites (tertiary alicyclic amines) is 1. The number of carbonyl (C=O) groups is 1. The minimum atomic E-state index is -4.71. The monoisotopic (exact) mass is 410 g/mol. The van der Waals surface area contributed by atoms with Gasteiger partial charge in [0.2, 0.25) is 0 Å². The number of piperidine rings is 1. The van der Waals surface area contributed by atoms with E-state index in [-0.39, 0.29) is 17.6 Å². The van der Waals surface area contributed by atoms with Gasteiger partial charge in [0, 0.05) is 19.3 Å². The average molecular weight is 410 g/mol. The van der Waals surface area contributed by atoms with Gasteiger partial charge in [-0.05, 0) is 50.0 Å². The van der Waals surface area contributed by atoms with E-state index >= 15 is 0 Å². The number of benzene rings is 1. The first kappa shape index (κ1) is 22.5. The lowest BCUT2D eigenvalue weighted by atomic mass is 9.96. The van der Waals surface area contributed by atoms with Crippen molar-refractivity contribution in [3.05, 3.63) is 53.8 Å². The van der Waals surface area contributed by atoms with E-state index in [1.54, 1.807) is 25.1 Å². The third-order valence-corrected chi connectivity index (χ3v) is 4.52. The lowest BCUT2D eigenvalue weighted by Gasteiger charge is -2.32. The Kier molecular flexibility index (Phi) is 8.30. The van der Waals surface area contributed by atoms with Gasteiger partial charge in [-0.15, -0.1) is 13.2 Å². The topological polar surface area (TPSA) is 62.6 Å². The van der Waals surface area contributed by atoms with Crippen molar-refractivity contribution < 1.29 is 27.4 Å². The average Bonchev–Trinajstić information content (AvgIpc) is 2.67. The first-order valence-electron chi connectivity index (χ1n) is 9.46. The summed E-state index contributed by atoms with van der Waals surface area (Å²) in [7, 11) is 0. The standard InChI is InChI=1S/C21H25F3N2O3/c1-2-28-20(27)17-10-12-26(13-11-17)18(15-25)8-4-3-6-16-7-5-9-19(14-16)29-21(22,23)24/h3-5,7-9,14-15,17,25H,2,6,10-13H2,1H3/b4-3+,18-8+,25-15?. The molecule has 29 heavy (non-hydrogen) atoms. The van der Waals surface area contributed by atoms with Crippen LogP contribution in [0.25, 0.3) is 0 Å². The smallest absolute Gasteiger partial charge is 0.466 e. The van der Waals surface area contributed by atoms with Crippen LogP contribution in [0.2, 0.25) is 0 Å². The molecule has 1 aliphatic rings. The summed E-state index contributed by atoms with van der Waals surface area (Å²) in [6, 6.07) is 5.83. The summed E-state index contributed by atoms with van der Waals surface area (Å²) < 4.78 is 45.9. The van der Waals surface area contributed by atoms with Gasteiger partial charge in [-0.3, -0.25) is 4.79 Å². The van der Waals surface area contributed by atoms with Crippen LogP contribution >= 0.6 is 0 Å². The lowest BCUT2D eigenvalue weighted by Crippen LogP contribution is -2.36.